The highest BCUT2D eigenvalue weighted by molar-refractivity contribution is 6.05. The van der Waals surface area contributed by atoms with Crippen molar-refractivity contribution in [1.29, 1.82) is 0 Å². The lowest BCUT2D eigenvalue weighted by atomic mass is 10.1. The molecule has 0 aliphatic carbocycles. The Morgan fingerprint density at radius 3 is 2.24 bits per heavy atom. The smallest absolute Gasteiger partial charge is 0.221 e. The van der Waals surface area contributed by atoms with Crippen LogP contribution in [0.15, 0.2) is 114 Å². The van der Waals surface area contributed by atoms with E-state index in [1.807, 2.05) is 66.9 Å². The fourth-order valence-electron chi connectivity index (χ4n) is 3.53. The summed E-state index contributed by atoms with van der Waals surface area (Å²) in [6.45, 7) is 0. The standard InChI is InChI=1S/C28H19FN2O2/c29-23-14-11-20(12-15-23)26-17-18-27(33-26)25(32)16-13-22-19-31(24-9-5-2-6-10-24)30-28(22)21-7-3-1-4-8-21/h1-19H. The summed E-state index contributed by atoms with van der Waals surface area (Å²) in [4.78, 5) is 12.8. The normalized spacial score (nSPS) is 11.2. The van der Waals surface area contributed by atoms with Gasteiger partial charge in [0.15, 0.2) is 5.76 Å². The second-order valence-electron chi connectivity index (χ2n) is 7.45. The Morgan fingerprint density at radius 1 is 0.818 bits per heavy atom. The molecule has 0 atom stereocenters. The molecular formula is C28H19FN2O2. The molecular weight excluding hydrogens is 415 g/mol. The summed E-state index contributed by atoms with van der Waals surface area (Å²) in [7, 11) is 0. The van der Waals surface area contributed by atoms with E-state index in [0.29, 0.717) is 11.3 Å². The molecule has 2 aromatic heterocycles. The zero-order valence-corrected chi connectivity index (χ0v) is 17.6. The predicted molar refractivity (Wildman–Crippen MR) is 126 cm³/mol. The van der Waals surface area contributed by atoms with Gasteiger partial charge in [0, 0.05) is 22.9 Å². The first kappa shape index (κ1) is 20.4. The topological polar surface area (TPSA) is 48.0 Å². The van der Waals surface area contributed by atoms with E-state index in [1.54, 1.807) is 35.0 Å². The number of carbonyl (C=O) groups excluding carboxylic acids is 1. The average molecular weight is 434 g/mol. The van der Waals surface area contributed by atoms with Gasteiger partial charge in [0.1, 0.15) is 11.6 Å². The molecule has 0 amide bonds. The Labute approximate surface area is 190 Å². The maximum atomic E-state index is 13.2. The molecule has 0 N–H and O–H groups in total. The van der Waals surface area contributed by atoms with Crippen molar-refractivity contribution in [2.24, 2.45) is 0 Å². The first-order valence-electron chi connectivity index (χ1n) is 10.5. The van der Waals surface area contributed by atoms with Gasteiger partial charge in [-0.1, -0.05) is 48.5 Å². The van der Waals surface area contributed by atoms with Gasteiger partial charge in [0.25, 0.3) is 0 Å². The molecule has 0 saturated heterocycles. The molecule has 4 nitrogen and oxygen atoms in total. The quantitative estimate of drug-likeness (QED) is 0.217. The summed E-state index contributed by atoms with van der Waals surface area (Å²) in [5.74, 6) is 0.126. The van der Waals surface area contributed by atoms with E-state index in [4.69, 9.17) is 9.52 Å². The molecule has 0 saturated carbocycles. The minimum Gasteiger partial charge on any atom is -0.453 e. The summed E-state index contributed by atoms with van der Waals surface area (Å²) < 4.78 is 20.7. The Hall–Kier alpha value is -4.51. The predicted octanol–water partition coefficient (Wildman–Crippen LogP) is 6.83. The summed E-state index contributed by atoms with van der Waals surface area (Å²) in [5.41, 5.74) is 4.17. The summed E-state index contributed by atoms with van der Waals surface area (Å²) in [5, 5.41) is 4.75. The molecule has 160 valence electrons. The molecule has 0 unspecified atom stereocenters. The zero-order chi connectivity index (χ0) is 22.6. The van der Waals surface area contributed by atoms with E-state index in [9.17, 15) is 9.18 Å². The van der Waals surface area contributed by atoms with Crippen molar-refractivity contribution in [2.75, 3.05) is 0 Å². The molecule has 2 heterocycles. The number of allylic oxidation sites excluding steroid dienone is 1. The molecule has 0 spiro atoms. The van der Waals surface area contributed by atoms with Gasteiger partial charge in [-0.05, 0) is 60.7 Å². The third-order valence-corrected chi connectivity index (χ3v) is 5.20. The lowest BCUT2D eigenvalue weighted by Gasteiger charge is -2.00. The number of aromatic nitrogens is 2. The number of hydrogen-bond donors (Lipinski definition) is 0. The van der Waals surface area contributed by atoms with E-state index >= 15 is 0 Å². The molecule has 0 radical (unpaired) electrons. The number of carbonyl (C=O) groups is 1. The molecule has 0 aliphatic heterocycles. The Bertz CT molecular complexity index is 1420. The lowest BCUT2D eigenvalue weighted by Crippen LogP contribution is -1.93. The first-order chi connectivity index (χ1) is 16.2. The van der Waals surface area contributed by atoms with Gasteiger partial charge >= 0.3 is 0 Å². The minimum atomic E-state index is -0.324. The number of nitrogens with zero attached hydrogens (tertiary/aromatic N) is 2. The molecule has 5 aromatic rings. The fraction of sp³-hybridized carbons (Fsp3) is 0. The van der Waals surface area contributed by atoms with Crippen LogP contribution in [0.2, 0.25) is 0 Å². The molecule has 0 aliphatic rings. The highest BCUT2D eigenvalue weighted by Gasteiger charge is 2.13. The monoisotopic (exact) mass is 434 g/mol. The van der Waals surface area contributed by atoms with E-state index in [1.165, 1.54) is 18.2 Å². The van der Waals surface area contributed by atoms with Gasteiger partial charge in [-0.3, -0.25) is 4.79 Å². The summed E-state index contributed by atoms with van der Waals surface area (Å²) in [6.07, 6.45) is 5.12. The van der Waals surface area contributed by atoms with Crippen LogP contribution in [0.3, 0.4) is 0 Å². The van der Waals surface area contributed by atoms with Crippen LogP contribution in [0.1, 0.15) is 16.1 Å². The number of furan rings is 1. The number of halogens is 1. The van der Waals surface area contributed by atoms with Crippen molar-refractivity contribution in [3.63, 3.8) is 0 Å². The van der Waals surface area contributed by atoms with Gasteiger partial charge in [-0.25, -0.2) is 9.07 Å². The Morgan fingerprint density at radius 2 is 1.52 bits per heavy atom. The fourth-order valence-corrected chi connectivity index (χ4v) is 3.53. The lowest BCUT2D eigenvalue weighted by molar-refractivity contribution is 0.102. The SMILES string of the molecule is O=C(C=Cc1cn(-c2ccccc2)nc1-c1ccccc1)c1ccc(-c2ccc(F)cc2)o1. The maximum Gasteiger partial charge on any atom is 0.221 e. The minimum absolute atomic E-state index is 0.210. The van der Waals surface area contributed by atoms with E-state index < -0.39 is 0 Å². The van der Waals surface area contributed by atoms with E-state index in [0.717, 1.165) is 22.5 Å². The Kier molecular flexibility index (Phi) is 5.52. The average Bonchev–Trinajstić information content (AvgIpc) is 3.52. The van der Waals surface area contributed by atoms with Crippen molar-refractivity contribution in [3.8, 4) is 28.3 Å². The van der Waals surface area contributed by atoms with Crippen LogP contribution in [0.5, 0.6) is 0 Å². The number of hydrogen-bond acceptors (Lipinski definition) is 3. The van der Waals surface area contributed by atoms with Crippen molar-refractivity contribution in [1.82, 2.24) is 9.78 Å². The van der Waals surface area contributed by atoms with Crippen LogP contribution in [0, 0.1) is 5.82 Å². The van der Waals surface area contributed by atoms with Crippen LogP contribution >= 0.6 is 0 Å². The molecule has 0 bridgehead atoms. The largest absolute Gasteiger partial charge is 0.453 e. The molecule has 5 rings (SSSR count). The van der Waals surface area contributed by atoms with Crippen molar-refractivity contribution < 1.29 is 13.6 Å². The van der Waals surface area contributed by atoms with Crippen molar-refractivity contribution >= 4 is 11.9 Å². The van der Waals surface area contributed by atoms with Crippen molar-refractivity contribution in [3.05, 3.63) is 126 Å². The van der Waals surface area contributed by atoms with E-state index in [-0.39, 0.29) is 17.4 Å². The van der Waals surface area contributed by atoms with Gasteiger partial charge in [0.05, 0.1) is 11.4 Å². The number of rotatable bonds is 6. The van der Waals surface area contributed by atoms with Crippen LogP contribution in [-0.4, -0.2) is 15.6 Å². The zero-order valence-electron chi connectivity index (χ0n) is 17.6. The number of benzene rings is 3. The van der Waals surface area contributed by atoms with Crippen LogP contribution in [0.25, 0.3) is 34.3 Å². The van der Waals surface area contributed by atoms with Crippen LogP contribution < -0.4 is 0 Å². The third-order valence-electron chi connectivity index (χ3n) is 5.20. The number of para-hydroxylation sites is 1. The maximum absolute atomic E-state index is 13.2. The number of ketones is 1. The Balaban J connectivity index is 1.45. The molecule has 0 fully saturated rings. The molecule has 33 heavy (non-hydrogen) atoms. The van der Waals surface area contributed by atoms with Crippen LogP contribution in [0.4, 0.5) is 4.39 Å². The van der Waals surface area contributed by atoms with Gasteiger partial charge in [-0.2, -0.15) is 5.10 Å². The van der Waals surface area contributed by atoms with Gasteiger partial charge in [-0.15, -0.1) is 0 Å². The molecule has 3 aromatic carbocycles. The highest BCUT2D eigenvalue weighted by atomic mass is 19.1. The van der Waals surface area contributed by atoms with Crippen LogP contribution in [-0.2, 0) is 0 Å². The summed E-state index contributed by atoms with van der Waals surface area (Å²) in [6, 6.07) is 28.9. The highest BCUT2D eigenvalue weighted by Crippen LogP contribution is 2.26. The summed E-state index contributed by atoms with van der Waals surface area (Å²) >= 11 is 0. The first-order valence-corrected chi connectivity index (χ1v) is 10.5. The van der Waals surface area contributed by atoms with Gasteiger partial charge < -0.3 is 4.42 Å². The van der Waals surface area contributed by atoms with Gasteiger partial charge in [0.2, 0.25) is 5.78 Å². The van der Waals surface area contributed by atoms with Crippen molar-refractivity contribution in [2.45, 2.75) is 0 Å². The second kappa shape index (κ2) is 8.93. The third kappa shape index (κ3) is 4.43. The second-order valence-corrected chi connectivity index (χ2v) is 7.45. The van der Waals surface area contributed by atoms with E-state index in [2.05, 4.69) is 0 Å². The molecule has 5 heteroatoms.